The molecule has 0 saturated heterocycles. The van der Waals surface area contributed by atoms with E-state index in [4.69, 9.17) is 0 Å². The van der Waals surface area contributed by atoms with Gasteiger partial charge in [0, 0.05) is 33.5 Å². The maximum atomic E-state index is 13.6. The molecule has 2 aromatic carbocycles. The minimum atomic E-state index is -5.19. The predicted octanol–water partition coefficient (Wildman–Crippen LogP) is 0.713. The van der Waals surface area contributed by atoms with Crippen LogP contribution in [0.2, 0.25) is 0 Å². The Labute approximate surface area is 317 Å². The van der Waals surface area contributed by atoms with Gasteiger partial charge in [0.2, 0.25) is 5.88 Å². The van der Waals surface area contributed by atoms with Crippen molar-refractivity contribution in [2.75, 3.05) is 19.1 Å². The molecule has 0 bridgehead atoms. The predicted molar refractivity (Wildman–Crippen MR) is 190 cm³/mol. The Kier molecular flexibility index (Phi) is 11.6. The van der Waals surface area contributed by atoms with Crippen molar-refractivity contribution in [2.45, 2.75) is 33.4 Å². The summed E-state index contributed by atoms with van der Waals surface area (Å²) in [5.74, 6) is -4.94. The number of likely N-dealkylation sites (N-methyl/N-ethyl adjacent to an activating group) is 1. The number of allylic oxidation sites excluding steroid dienone is 2. The van der Waals surface area contributed by atoms with E-state index < -0.39 is 123 Å². The van der Waals surface area contributed by atoms with Gasteiger partial charge in [0.15, 0.2) is 11.6 Å². The number of hydrazone groups is 1. The second-order valence-corrected chi connectivity index (χ2v) is 17.2. The third kappa shape index (κ3) is 8.87. The Morgan fingerprint density at radius 1 is 0.750 bits per heavy atom. The van der Waals surface area contributed by atoms with Crippen molar-refractivity contribution in [2.24, 2.45) is 5.10 Å². The molecule has 0 spiro atoms. The summed E-state index contributed by atoms with van der Waals surface area (Å²) in [6, 6.07) is 3.34. The molecular weight excluding hydrogens is 831 g/mol. The Morgan fingerprint density at radius 3 is 1.70 bits per heavy atom. The highest BCUT2D eigenvalue weighted by Crippen LogP contribution is 2.34. The molecule has 26 heteroatoms. The van der Waals surface area contributed by atoms with Gasteiger partial charge in [0.1, 0.15) is 21.2 Å². The Balaban J connectivity index is 1.92. The van der Waals surface area contributed by atoms with Gasteiger partial charge in [-0.05, 0) is 60.7 Å². The number of aromatic nitrogens is 2. The summed E-state index contributed by atoms with van der Waals surface area (Å²) in [6.07, 6.45) is 3.69. The second-order valence-electron chi connectivity index (χ2n) is 11.6. The summed E-state index contributed by atoms with van der Waals surface area (Å²) in [5, 5.41) is 19.0. The van der Waals surface area contributed by atoms with E-state index in [0.717, 1.165) is 43.1 Å². The number of aromatic hydroxyl groups is 1. The molecule has 0 saturated carbocycles. The van der Waals surface area contributed by atoms with E-state index in [1.165, 1.54) is 14.1 Å². The molecule has 0 fully saturated rings. The van der Waals surface area contributed by atoms with Gasteiger partial charge >= 0.3 is 0 Å². The number of nitrogens with zero attached hydrogens (tertiary/aromatic N) is 5. The smallest absolute Gasteiger partial charge is 0.296 e. The van der Waals surface area contributed by atoms with Gasteiger partial charge in [0.05, 0.1) is 32.3 Å². The SMILES string of the molecule is CC(=O)C1=NN(c2cc(S(=O)(=O)O)ccc2S(=O)(=O)O)C(=O)\C1=C/C=C(\C=C\c1c(C(C)=O)nn(-c2cc(S(=O)(=O)O)ccc2S(=O)(=O)O)c1O)C(=O)N(C)C. The van der Waals surface area contributed by atoms with Crippen molar-refractivity contribution in [1.82, 2.24) is 14.7 Å². The van der Waals surface area contributed by atoms with Crippen molar-refractivity contribution >= 4 is 81.3 Å². The average Bonchev–Trinajstić information content (AvgIpc) is 3.58. The molecule has 1 aromatic heterocycles. The van der Waals surface area contributed by atoms with Gasteiger partial charge < -0.3 is 10.0 Å². The topological polar surface area (TPSA) is 343 Å². The zero-order valence-corrected chi connectivity index (χ0v) is 32.0. The molecule has 1 aliphatic heterocycles. The lowest BCUT2D eigenvalue weighted by Crippen LogP contribution is -2.24. The third-order valence-corrected chi connectivity index (χ3v) is 10.9. The molecule has 2 amide bonds. The fourth-order valence-corrected chi connectivity index (χ4v) is 7.18. The van der Waals surface area contributed by atoms with Crippen LogP contribution in [-0.2, 0) is 54.9 Å². The minimum Gasteiger partial charge on any atom is -0.493 e. The van der Waals surface area contributed by atoms with Crippen molar-refractivity contribution in [1.29, 1.82) is 0 Å². The number of amides is 2. The molecule has 0 radical (unpaired) electrons. The number of anilines is 1. The van der Waals surface area contributed by atoms with Gasteiger partial charge in [-0.1, -0.05) is 0 Å². The highest BCUT2D eigenvalue weighted by molar-refractivity contribution is 7.87. The van der Waals surface area contributed by atoms with Crippen LogP contribution >= 0.6 is 0 Å². The number of hydrogen-bond donors (Lipinski definition) is 5. The van der Waals surface area contributed by atoms with E-state index in [-0.39, 0.29) is 10.6 Å². The maximum Gasteiger partial charge on any atom is 0.296 e. The summed E-state index contributed by atoms with van der Waals surface area (Å²) >= 11 is 0. The maximum absolute atomic E-state index is 13.6. The summed E-state index contributed by atoms with van der Waals surface area (Å²) in [6.45, 7) is 1.91. The molecule has 0 atom stereocenters. The summed E-state index contributed by atoms with van der Waals surface area (Å²) in [7, 11) is -17.8. The molecule has 3 aromatic rings. The third-order valence-electron chi connectivity index (χ3n) is 7.42. The molecule has 1 aliphatic rings. The first-order chi connectivity index (χ1) is 25.5. The quantitative estimate of drug-likeness (QED) is 0.0725. The number of ketones is 2. The molecule has 2 heterocycles. The van der Waals surface area contributed by atoms with Crippen LogP contribution in [0.3, 0.4) is 0 Å². The highest BCUT2D eigenvalue weighted by Gasteiger charge is 2.37. The minimum absolute atomic E-state index is 0.251. The van der Waals surface area contributed by atoms with E-state index in [1.54, 1.807) is 0 Å². The van der Waals surface area contributed by atoms with Crippen molar-refractivity contribution < 1.29 is 76.2 Å². The van der Waals surface area contributed by atoms with Gasteiger partial charge in [-0.3, -0.25) is 37.4 Å². The molecule has 298 valence electrons. The number of carbonyl (C=O) groups excluding carboxylic acids is 4. The lowest BCUT2D eigenvalue weighted by atomic mass is 10.0. The van der Waals surface area contributed by atoms with Crippen LogP contribution in [0.4, 0.5) is 5.69 Å². The molecule has 56 heavy (non-hydrogen) atoms. The lowest BCUT2D eigenvalue weighted by Gasteiger charge is -2.15. The molecule has 0 unspecified atom stereocenters. The van der Waals surface area contributed by atoms with Crippen LogP contribution in [0.5, 0.6) is 5.88 Å². The van der Waals surface area contributed by atoms with Crippen LogP contribution in [0.25, 0.3) is 11.8 Å². The van der Waals surface area contributed by atoms with E-state index in [9.17, 15) is 76.2 Å². The Hall–Kier alpha value is -5.74. The van der Waals surface area contributed by atoms with Crippen molar-refractivity contribution in [3.8, 4) is 11.6 Å². The fraction of sp³-hybridized carbons (Fsp3) is 0.133. The normalized spacial score (nSPS) is 15.1. The number of hydrogen-bond acceptors (Lipinski definition) is 15. The van der Waals surface area contributed by atoms with E-state index >= 15 is 0 Å². The number of Topliss-reactive ketones (excluding diaryl/α,β-unsaturated/α-hetero) is 2. The summed E-state index contributed by atoms with van der Waals surface area (Å²) in [5.41, 5.74) is -4.47. The standard InChI is InChI=1S/C30H27N5O17S4/c1-15(36)26-20(29(39)34(31-26)22-13-18(53(41,42)43)7-11-24(22)55(47,48)49)9-5-17(28(38)33(3)4)6-10-21-27(16(2)37)32-35(30(21)40)23-14-19(54(44,45)46)8-12-25(23)56(50,51)52/h5-14,39H,1-4H3,(H,41,42,43)(H,44,45,46)(H,47,48,49)(H,50,51,52)/b9-5+,17-6+,21-10-. The van der Waals surface area contributed by atoms with Crippen molar-refractivity contribution in [3.05, 3.63) is 77.0 Å². The van der Waals surface area contributed by atoms with Gasteiger partial charge in [0.25, 0.3) is 52.3 Å². The molecule has 5 N–H and O–H groups in total. The largest absolute Gasteiger partial charge is 0.493 e. The summed E-state index contributed by atoms with van der Waals surface area (Å²) in [4.78, 5) is 49.1. The first-order valence-electron chi connectivity index (χ1n) is 14.8. The number of carbonyl (C=O) groups is 4. The van der Waals surface area contributed by atoms with Crippen molar-refractivity contribution in [3.63, 3.8) is 0 Å². The van der Waals surface area contributed by atoms with Gasteiger partial charge in [-0.15, -0.1) is 0 Å². The Morgan fingerprint density at radius 2 is 1.25 bits per heavy atom. The molecule has 0 aliphatic carbocycles. The molecular formula is C30H27N5O17S4. The van der Waals surface area contributed by atoms with Gasteiger partial charge in [-0.25, -0.2) is 0 Å². The van der Waals surface area contributed by atoms with Crippen LogP contribution in [0.1, 0.15) is 29.9 Å². The van der Waals surface area contributed by atoms with Crippen LogP contribution in [-0.4, -0.2) is 115 Å². The monoisotopic (exact) mass is 857 g/mol. The first-order valence-corrected chi connectivity index (χ1v) is 20.6. The lowest BCUT2D eigenvalue weighted by molar-refractivity contribution is -0.124. The fourth-order valence-electron chi connectivity index (χ4n) is 4.88. The van der Waals surface area contributed by atoms with E-state index in [0.29, 0.717) is 41.1 Å². The first kappa shape index (κ1) is 43.0. The zero-order chi connectivity index (χ0) is 42.5. The molecule has 4 rings (SSSR count). The number of rotatable bonds is 12. The van der Waals surface area contributed by atoms with Gasteiger partial charge in [-0.2, -0.15) is 53.6 Å². The Bertz CT molecular complexity index is 2830. The van der Waals surface area contributed by atoms with Crippen LogP contribution in [0.15, 0.2) is 90.5 Å². The highest BCUT2D eigenvalue weighted by atomic mass is 32.2. The van der Waals surface area contributed by atoms with E-state index in [1.807, 2.05) is 0 Å². The average molecular weight is 858 g/mol. The zero-order valence-electron chi connectivity index (χ0n) is 28.8. The van der Waals surface area contributed by atoms with Crippen LogP contribution < -0.4 is 5.01 Å². The second kappa shape index (κ2) is 15.1. The van der Waals surface area contributed by atoms with E-state index in [2.05, 4.69) is 10.2 Å². The molecule has 22 nitrogen and oxygen atoms in total. The summed E-state index contributed by atoms with van der Waals surface area (Å²) < 4.78 is 134. The van der Waals surface area contributed by atoms with Crippen LogP contribution in [0, 0.1) is 0 Å². The number of benzene rings is 2.